The summed E-state index contributed by atoms with van der Waals surface area (Å²) >= 11 is 0.358. The second kappa shape index (κ2) is 15.0. The number of hydrogen-bond donors (Lipinski definition) is 0. The van der Waals surface area contributed by atoms with Crippen molar-refractivity contribution >= 4 is 42.7 Å². The molecule has 0 aliphatic rings. The van der Waals surface area contributed by atoms with Gasteiger partial charge in [0.1, 0.15) is 0 Å². The molecule has 0 nitrogen and oxygen atoms in total. The summed E-state index contributed by atoms with van der Waals surface area (Å²) in [5.74, 6) is 0.939. The van der Waals surface area contributed by atoms with Gasteiger partial charge in [-0.15, -0.1) is 21.5 Å². The smallest absolute Gasteiger partial charge is 0.153 e. The summed E-state index contributed by atoms with van der Waals surface area (Å²) in [4.78, 5) is 0. The first-order valence-electron chi connectivity index (χ1n) is 4.77. The molecule has 0 bridgehead atoms. The Morgan fingerprint density at radius 1 is 1.17 bits per heavy atom. The lowest BCUT2D eigenvalue weighted by Crippen LogP contribution is -1.93. The maximum Gasteiger partial charge on any atom is 0.364 e. The Labute approximate surface area is 97.4 Å². The van der Waals surface area contributed by atoms with Gasteiger partial charge in [-0.05, 0) is 5.92 Å². The summed E-state index contributed by atoms with van der Waals surface area (Å²) in [7, 11) is 0. The van der Waals surface area contributed by atoms with Crippen LogP contribution >= 0.6 is 22.3 Å². The van der Waals surface area contributed by atoms with Crippen LogP contribution in [0, 0.1) is 5.92 Å². The molecule has 0 saturated heterocycles. The van der Waals surface area contributed by atoms with Crippen LogP contribution in [0.5, 0.6) is 0 Å². The normalized spacial score (nSPS) is 8.33. The van der Waals surface area contributed by atoms with Crippen molar-refractivity contribution < 1.29 is 0 Å². The van der Waals surface area contributed by atoms with Crippen LogP contribution < -0.4 is 0 Å². The minimum atomic E-state index is 0. The van der Waals surface area contributed by atoms with Gasteiger partial charge in [0.05, 0.1) is 0 Å². The molecule has 0 saturated carbocycles. The standard InChI is InChI=1S/C5H11.C4H9.ClH.Mg.H3P/c1-4-5(2)3;1-3-4-2;;;/h5H,1,4H2,2-3H3;1,3-4H2,2H3;1H;;1H3. The van der Waals surface area contributed by atoms with Crippen LogP contribution in [0.3, 0.4) is 0 Å². The summed E-state index contributed by atoms with van der Waals surface area (Å²) in [6, 6.07) is 0. The van der Waals surface area contributed by atoms with Gasteiger partial charge in [-0.25, -0.2) is 0 Å². The second-order valence-corrected chi connectivity index (χ2v) is 5.72. The Balaban J connectivity index is -0.000000405. The van der Waals surface area contributed by atoms with Gasteiger partial charge in [-0.1, -0.05) is 40.0 Å². The Morgan fingerprint density at radius 2 is 1.75 bits per heavy atom. The zero-order chi connectivity index (χ0) is 7.82. The molecular weight excluding hydrogens is 199 g/mol. The van der Waals surface area contributed by atoms with E-state index in [2.05, 4.69) is 20.8 Å². The highest BCUT2D eigenvalue weighted by atomic mass is 35.5. The number of halogens is 1. The Bertz CT molecular complexity index is 69.5. The summed E-state index contributed by atoms with van der Waals surface area (Å²) in [5, 5.41) is 0. The fourth-order valence-electron chi connectivity index (χ4n) is 1.16. The SMILES string of the molecule is CCC[CH2][Mg][CH2]CC(C)C.Cl.P. The largest absolute Gasteiger partial charge is 0.364 e. The lowest BCUT2D eigenvalue weighted by atomic mass is 10.2. The monoisotopic (exact) mass is 222 g/mol. The maximum absolute atomic E-state index is 2.33. The van der Waals surface area contributed by atoms with E-state index in [0.717, 1.165) is 5.92 Å². The minimum Gasteiger partial charge on any atom is -0.153 e. The fourth-order valence-corrected chi connectivity index (χ4v) is 3.47. The third-order valence-corrected chi connectivity index (χ3v) is 3.79. The molecule has 0 fully saturated rings. The van der Waals surface area contributed by atoms with Crippen molar-refractivity contribution in [1.82, 2.24) is 0 Å². The van der Waals surface area contributed by atoms with E-state index in [1.54, 1.807) is 9.10 Å². The quantitative estimate of drug-likeness (QED) is 0.364. The Kier molecular flexibility index (Phi) is 23.9. The van der Waals surface area contributed by atoms with E-state index in [0.29, 0.717) is 20.4 Å². The van der Waals surface area contributed by atoms with E-state index in [1.165, 1.54) is 19.3 Å². The van der Waals surface area contributed by atoms with Crippen molar-refractivity contribution in [1.29, 1.82) is 0 Å². The van der Waals surface area contributed by atoms with Crippen LogP contribution in [0.4, 0.5) is 0 Å². The van der Waals surface area contributed by atoms with Crippen LogP contribution in [0.1, 0.15) is 40.0 Å². The molecule has 0 N–H and O–H groups in total. The molecule has 1 unspecified atom stereocenters. The predicted molar refractivity (Wildman–Crippen MR) is 68.1 cm³/mol. The van der Waals surface area contributed by atoms with Gasteiger partial charge in [0.15, 0.2) is 0 Å². The summed E-state index contributed by atoms with van der Waals surface area (Å²) < 4.78 is 3.17. The summed E-state index contributed by atoms with van der Waals surface area (Å²) in [6.45, 7) is 6.94. The summed E-state index contributed by atoms with van der Waals surface area (Å²) in [6.07, 6.45) is 4.37. The number of unbranched alkanes of at least 4 members (excludes halogenated alkanes) is 1. The first-order chi connectivity index (χ1) is 4.77. The molecule has 0 rings (SSSR count). The Hall–Kier alpha value is 1.49. The molecule has 0 amide bonds. The third-order valence-electron chi connectivity index (χ3n) is 1.89. The lowest BCUT2D eigenvalue weighted by Gasteiger charge is -2.01. The van der Waals surface area contributed by atoms with Crippen LogP contribution in [-0.2, 0) is 0 Å². The molecule has 0 heterocycles. The zero-order valence-corrected chi connectivity index (χ0v) is 12.6. The highest BCUT2D eigenvalue weighted by Gasteiger charge is 1.96. The molecule has 74 valence electrons. The summed E-state index contributed by atoms with van der Waals surface area (Å²) in [5.41, 5.74) is 0. The first-order valence-corrected chi connectivity index (χ1v) is 6.77. The van der Waals surface area contributed by atoms with Gasteiger partial charge >= 0.3 is 20.4 Å². The molecular formula is C9H24ClMgP. The van der Waals surface area contributed by atoms with Crippen molar-refractivity contribution in [3.8, 4) is 0 Å². The van der Waals surface area contributed by atoms with Crippen molar-refractivity contribution in [3.63, 3.8) is 0 Å². The predicted octanol–water partition coefficient (Wildman–Crippen LogP) is 3.85. The average molecular weight is 223 g/mol. The molecule has 0 aliphatic heterocycles. The molecule has 1 atom stereocenters. The van der Waals surface area contributed by atoms with Crippen molar-refractivity contribution in [2.45, 2.75) is 49.1 Å². The molecule has 0 aromatic heterocycles. The molecule has 0 radical (unpaired) electrons. The van der Waals surface area contributed by atoms with Crippen molar-refractivity contribution in [2.24, 2.45) is 5.92 Å². The van der Waals surface area contributed by atoms with Gasteiger partial charge in [-0.3, -0.25) is 0 Å². The van der Waals surface area contributed by atoms with Crippen LogP contribution in [0.15, 0.2) is 0 Å². The first kappa shape index (κ1) is 19.1. The maximum atomic E-state index is 2.33. The molecule has 0 aromatic rings. The lowest BCUT2D eigenvalue weighted by molar-refractivity contribution is 0.623. The minimum absolute atomic E-state index is 0. The van der Waals surface area contributed by atoms with E-state index >= 15 is 0 Å². The van der Waals surface area contributed by atoms with Crippen molar-refractivity contribution in [3.05, 3.63) is 0 Å². The van der Waals surface area contributed by atoms with E-state index in [4.69, 9.17) is 0 Å². The number of rotatable bonds is 6. The van der Waals surface area contributed by atoms with Crippen LogP contribution in [0.25, 0.3) is 0 Å². The molecule has 0 aromatic carbocycles. The van der Waals surface area contributed by atoms with Gasteiger partial charge in [0.2, 0.25) is 0 Å². The zero-order valence-electron chi connectivity index (χ0n) is 8.94. The van der Waals surface area contributed by atoms with Gasteiger partial charge in [0.25, 0.3) is 0 Å². The number of hydrogen-bond acceptors (Lipinski definition) is 0. The molecule has 3 heteroatoms. The fraction of sp³-hybridized carbons (Fsp3) is 1.00. The van der Waals surface area contributed by atoms with Gasteiger partial charge < -0.3 is 0 Å². The topological polar surface area (TPSA) is 0 Å². The van der Waals surface area contributed by atoms with Gasteiger partial charge in [-0.2, -0.15) is 9.90 Å². The molecule has 12 heavy (non-hydrogen) atoms. The highest BCUT2D eigenvalue weighted by Crippen LogP contribution is 2.05. The third kappa shape index (κ3) is 17.5. The second-order valence-electron chi connectivity index (χ2n) is 3.60. The van der Waals surface area contributed by atoms with Crippen molar-refractivity contribution in [2.75, 3.05) is 0 Å². The van der Waals surface area contributed by atoms with Gasteiger partial charge in [0, 0.05) is 0 Å². The molecule has 0 aliphatic carbocycles. The Morgan fingerprint density at radius 3 is 2.17 bits per heavy atom. The van der Waals surface area contributed by atoms with E-state index in [-0.39, 0.29) is 22.3 Å². The van der Waals surface area contributed by atoms with Crippen LogP contribution in [0.2, 0.25) is 9.10 Å². The molecule has 0 spiro atoms. The highest BCUT2D eigenvalue weighted by molar-refractivity contribution is 6.92. The van der Waals surface area contributed by atoms with Crippen LogP contribution in [-0.4, -0.2) is 20.4 Å². The van der Waals surface area contributed by atoms with E-state index in [1.807, 2.05) is 0 Å². The average Bonchev–Trinajstić information content (AvgIpc) is 1.87. The van der Waals surface area contributed by atoms with E-state index in [9.17, 15) is 0 Å². The van der Waals surface area contributed by atoms with E-state index < -0.39 is 0 Å².